The fourth-order valence-corrected chi connectivity index (χ4v) is 3.52. The van der Waals surface area contributed by atoms with Gasteiger partial charge in [0.2, 0.25) is 5.16 Å². The Morgan fingerprint density at radius 1 is 1.04 bits per heavy atom. The summed E-state index contributed by atoms with van der Waals surface area (Å²) in [4.78, 5) is 0. The van der Waals surface area contributed by atoms with Crippen LogP contribution in [0.3, 0.4) is 0 Å². The largest absolute Gasteiger partial charge is 0.214 e. The Morgan fingerprint density at radius 2 is 1.87 bits per heavy atom. The zero-order valence-corrected chi connectivity index (χ0v) is 15.0. The lowest BCUT2D eigenvalue weighted by Crippen LogP contribution is -2.00. The molecule has 3 rings (SSSR count). The first-order valence-corrected chi connectivity index (χ1v) is 8.71. The van der Waals surface area contributed by atoms with Crippen molar-refractivity contribution in [3.63, 3.8) is 0 Å². The molecule has 0 aliphatic rings. The van der Waals surface area contributed by atoms with E-state index >= 15 is 0 Å². The Kier molecular flexibility index (Phi) is 4.90. The van der Waals surface area contributed by atoms with E-state index in [4.69, 9.17) is 23.2 Å². The summed E-state index contributed by atoms with van der Waals surface area (Å²) in [7, 11) is 0. The van der Waals surface area contributed by atoms with Crippen LogP contribution < -0.4 is 0 Å². The first-order chi connectivity index (χ1) is 11.0. The van der Waals surface area contributed by atoms with Crippen molar-refractivity contribution in [3.8, 4) is 5.69 Å². The molecular weight excluding hydrogens is 351 g/mol. The van der Waals surface area contributed by atoms with Gasteiger partial charge in [0.1, 0.15) is 0 Å². The number of halogens is 2. The predicted molar refractivity (Wildman–Crippen MR) is 94.7 cm³/mol. The number of aromatic nitrogens is 4. The van der Waals surface area contributed by atoms with Crippen molar-refractivity contribution >= 4 is 35.0 Å². The fraction of sp³-hybridized carbons (Fsp3) is 0.188. The number of hydrogen-bond donors (Lipinski definition) is 0. The topological polar surface area (TPSA) is 43.6 Å². The second kappa shape index (κ2) is 6.91. The van der Waals surface area contributed by atoms with Crippen LogP contribution in [0.2, 0.25) is 10.0 Å². The summed E-state index contributed by atoms with van der Waals surface area (Å²) in [6.45, 7) is 4.15. The van der Waals surface area contributed by atoms with Gasteiger partial charge in [0.25, 0.3) is 0 Å². The minimum absolute atomic E-state index is 0.628. The summed E-state index contributed by atoms with van der Waals surface area (Å²) in [6.07, 6.45) is 0. The number of nitrogens with zero attached hydrogens (tertiary/aromatic N) is 4. The maximum Gasteiger partial charge on any atom is 0.214 e. The molecule has 0 fully saturated rings. The number of tetrazole rings is 1. The van der Waals surface area contributed by atoms with Crippen molar-refractivity contribution in [1.82, 2.24) is 20.2 Å². The summed E-state index contributed by atoms with van der Waals surface area (Å²) in [5, 5.41) is 14.0. The molecule has 0 atom stereocenters. The standard InChI is InChI=1S/C16H14Cl2N4S/c1-10-3-6-14(7-11(10)2)22-16(19-20-21-22)23-9-12-4-5-13(17)8-15(12)18/h3-8H,9H2,1-2H3. The number of aryl methyl sites for hydroxylation is 2. The quantitative estimate of drug-likeness (QED) is 0.618. The number of benzene rings is 2. The van der Waals surface area contributed by atoms with E-state index in [0.717, 1.165) is 16.4 Å². The maximum absolute atomic E-state index is 6.21. The molecule has 0 aliphatic carbocycles. The van der Waals surface area contributed by atoms with E-state index in [0.29, 0.717) is 15.8 Å². The highest BCUT2D eigenvalue weighted by Gasteiger charge is 2.11. The van der Waals surface area contributed by atoms with Gasteiger partial charge in [-0.15, -0.1) is 5.10 Å². The van der Waals surface area contributed by atoms with Crippen LogP contribution in [0.5, 0.6) is 0 Å². The van der Waals surface area contributed by atoms with Gasteiger partial charge >= 0.3 is 0 Å². The fourth-order valence-electron chi connectivity index (χ4n) is 2.07. The number of thioether (sulfide) groups is 1. The van der Waals surface area contributed by atoms with Crippen LogP contribution in [0, 0.1) is 13.8 Å². The summed E-state index contributed by atoms with van der Waals surface area (Å²) in [5.74, 6) is 0.668. The van der Waals surface area contributed by atoms with E-state index in [1.54, 1.807) is 10.7 Å². The van der Waals surface area contributed by atoms with Crippen LogP contribution in [-0.4, -0.2) is 20.2 Å². The van der Waals surface area contributed by atoms with Gasteiger partial charge in [0, 0.05) is 15.8 Å². The smallest absolute Gasteiger partial charge is 0.187 e. The van der Waals surface area contributed by atoms with Crippen LogP contribution in [0.15, 0.2) is 41.6 Å². The van der Waals surface area contributed by atoms with Crippen molar-refractivity contribution in [2.75, 3.05) is 0 Å². The molecule has 23 heavy (non-hydrogen) atoms. The zero-order valence-electron chi connectivity index (χ0n) is 12.6. The summed E-state index contributed by atoms with van der Waals surface area (Å²) < 4.78 is 1.74. The molecular formula is C16H14Cl2N4S. The lowest BCUT2D eigenvalue weighted by molar-refractivity contribution is 0.755. The minimum atomic E-state index is 0.628. The molecule has 0 unspecified atom stereocenters. The average Bonchev–Trinajstić information content (AvgIpc) is 2.98. The van der Waals surface area contributed by atoms with Gasteiger partial charge in [0.05, 0.1) is 5.69 Å². The molecule has 3 aromatic rings. The van der Waals surface area contributed by atoms with Crippen LogP contribution in [-0.2, 0) is 5.75 Å². The highest BCUT2D eigenvalue weighted by atomic mass is 35.5. The van der Waals surface area contributed by atoms with E-state index in [2.05, 4.69) is 41.5 Å². The maximum atomic E-state index is 6.21. The second-order valence-electron chi connectivity index (χ2n) is 5.17. The van der Waals surface area contributed by atoms with Gasteiger partial charge in [-0.3, -0.25) is 0 Å². The number of rotatable bonds is 4. The van der Waals surface area contributed by atoms with Crippen molar-refractivity contribution in [3.05, 3.63) is 63.1 Å². The first kappa shape index (κ1) is 16.3. The van der Waals surface area contributed by atoms with Gasteiger partial charge in [-0.25, -0.2) is 0 Å². The number of hydrogen-bond acceptors (Lipinski definition) is 4. The van der Waals surface area contributed by atoms with Crippen LogP contribution in [0.1, 0.15) is 16.7 Å². The molecule has 0 spiro atoms. The third kappa shape index (κ3) is 3.68. The first-order valence-electron chi connectivity index (χ1n) is 6.97. The highest BCUT2D eigenvalue weighted by molar-refractivity contribution is 7.98. The zero-order chi connectivity index (χ0) is 16.4. The Bertz CT molecular complexity index is 848. The van der Waals surface area contributed by atoms with Crippen LogP contribution >= 0.6 is 35.0 Å². The summed E-state index contributed by atoms with van der Waals surface area (Å²) in [5.41, 5.74) is 4.39. The van der Waals surface area contributed by atoms with E-state index < -0.39 is 0 Å². The van der Waals surface area contributed by atoms with Crippen molar-refractivity contribution in [2.45, 2.75) is 24.8 Å². The summed E-state index contributed by atoms with van der Waals surface area (Å²) >= 11 is 13.7. The third-order valence-electron chi connectivity index (χ3n) is 3.55. The molecule has 1 heterocycles. The lowest BCUT2D eigenvalue weighted by atomic mass is 10.1. The third-order valence-corrected chi connectivity index (χ3v) is 5.10. The Morgan fingerprint density at radius 3 is 2.61 bits per heavy atom. The van der Waals surface area contributed by atoms with E-state index in [1.165, 1.54) is 22.9 Å². The minimum Gasteiger partial charge on any atom is -0.187 e. The monoisotopic (exact) mass is 364 g/mol. The molecule has 7 heteroatoms. The molecule has 1 aromatic heterocycles. The molecule has 0 N–H and O–H groups in total. The van der Waals surface area contributed by atoms with Gasteiger partial charge in [-0.1, -0.05) is 47.1 Å². The van der Waals surface area contributed by atoms with Gasteiger partial charge in [-0.05, 0) is 65.2 Å². The molecule has 118 valence electrons. The second-order valence-corrected chi connectivity index (χ2v) is 6.95. The molecule has 2 aromatic carbocycles. The molecule has 0 saturated carbocycles. The van der Waals surface area contributed by atoms with Gasteiger partial charge < -0.3 is 0 Å². The van der Waals surface area contributed by atoms with Gasteiger partial charge in [-0.2, -0.15) is 4.68 Å². The van der Waals surface area contributed by atoms with Crippen LogP contribution in [0.4, 0.5) is 0 Å². The SMILES string of the molecule is Cc1ccc(-n2nnnc2SCc2ccc(Cl)cc2Cl)cc1C. The molecule has 0 aliphatic heterocycles. The Balaban J connectivity index is 1.82. The van der Waals surface area contributed by atoms with Crippen LogP contribution in [0.25, 0.3) is 5.69 Å². The molecule has 0 bridgehead atoms. The molecule has 0 radical (unpaired) electrons. The van der Waals surface area contributed by atoms with Gasteiger partial charge in [0.15, 0.2) is 0 Å². The Labute approximate surface area is 148 Å². The molecule has 0 saturated heterocycles. The normalized spacial score (nSPS) is 11.0. The van der Waals surface area contributed by atoms with Crippen molar-refractivity contribution in [1.29, 1.82) is 0 Å². The molecule has 0 amide bonds. The average molecular weight is 365 g/mol. The van der Waals surface area contributed by atoms with Crippen molar-refractivity contribution in [2.24, 2.45) is 0 Å². The van der Waals surface area contributed by atoms with Crippen molar-refractivity contribution < 1.29 is 0 Å². The predicted octanol–water partition coefficient (Wildman–Crippen LogP) is 4.88. The molecule has 4 nitrogen and oxygen atoms in total. The van der Waals surface area contributed by atoms with E-state index in [9.17, 15) is 0 Å². The summed E-state index contributed by atoms with van der Waals surface area (Å²) in [6, 6.07) is 11.6. The Hall–Kier alpha value is -1.56. The van der Waals surface area contributed by atoms with E-state index in [-0.39, 0.29) is 0 Å². The highest BCUT2D eigenvalue weighted by Crippen LogP contribution is 2.28. The lowest BCUT2D eigenvalue weighted by Gasteiger charge is -2.07. The van der Waals surface area contributed by atoms with E-state index in [1.807, 2.05) is 18.2 Å².